The molecular weight excluding hydrogens is 268 g/mol. The molecule has 1 aromatic rings. The Bertz CT molecular complexity index is 374. The van der Waals surface area contributed by atoms with Crippen LogP contribution in [0.3, 0.4) is 0 Å². The topological polar surface area (TPSA) is 47.3 Å². The second-order valence-electron chi connectivity index (χ2n) is 3.21. The van der Waals surface area contributed by atoms with Gasteiger partial charge in [-0.2, -0.15) is 0 Å². The molecule has 3 nitrogen and oxygen atoms in total. The van der Waals surface area contributed by atoms with Crippen LogP contribution in [-0.2, 0) is 6.54 Å². The Labute approximate surface area is 104 Å². The summed E-state index contributed by atoms with van der Waals surface area (Å²) in [7, 11) is 0. The molecule has 0 amide bonds. The molecule has 0 radical (unpaired) electrons. The van der Waals surface area contributed by atoms with E-state index >= 15 is 0 Å². The highest BCUT2D eigenvalue weighted by Crippen LogP contribution is 2.23. The number of benzene rings is 1. The van der Waals surface area contributed by atoms with Gasteiger partial charge in [-0.15, -0.1) is 6.42 Å². The third kappa shape index (κ3) is 4.23. The van der Waals surface area contributed by atoms with Crippen molar-refractivity contribution in [2.45, 2.75) is 6.54 Å². The highest BCUT2D eigenvalue weighted by molar-refractivity contribution is 9.10. The number of nitrogens with two attached hydrogens (primary N) is 1. The third-order valence-electron chi connectivity index (χ3n) is 1.97. The van der Waals surface area contributed by atoms with E-state index in [1.165, 1.54) is 0 Å². The quantitative estimate of drug-likeness (QED) is 0.614. The number of rotatable bonds is 6. The molecule has 1 aromatic carbocycles. The summed E-state index contributed by atoms with van der Waals surface area (Å²) in [6.45, 7) is 2.40. The maximum absolute atomic E-state index is 5.44. The second-order valence-corrected chi connectivity index (χ2v) is 4.13. The van der Waals surface area contributed by atoms with Crippen LogP contribution in [0.4, 0.5) is 0 Å². The number of nitrogens with one attached hydrogen (secondary N) is 1. The minimum atomic E-state index is 0.283. The largest absolute Gasteiger partial charge is 0.481 e. The van der Waals surface area contributed by atoms with Crippen LogP contribution in [0.5, 0.6) is 5.75 Å². The summed E-state index contributed by atoms with van der Waals surface area (Å²) >= 11 is 3.43. The first kappa shape index (κ1) is 13.0. The fraction of sp³-hybridized carbons (Fsp3) is 0.333. The molecule has 3 N–H and O–H groups in total. The van der Waals surface area contributed by atoms with Crippen LogP contribution in [0.2, 0.25) is 0 Å². The van der Waals surface area contributed by atoms with Gasteiger partial charge in [-0.1, -0.05) is 21.9 Å². The lowest BCUT2D eigenvalue weighted by Crippen LogP contribution is -2.22. The molecule has 0 bridgehead atoms. The van der Waals surface area contributed by atoms with E-state index in [1.54, 1.807) is 0 Å². The van der Waals surface area contributed by atoms with Crippen molar-refractivity contribution in [3.05, 3.63) is 28.2 Å². The molecule has 0 aliphatic rings. The van der Waals surface area contributed by atoms with E-state index in [4.69, 9.17) is 16.9 Å². The minimum Gasteiger partial charge on any atom is -0.481 e. The second kappa shape index (κ2) is 7.29. The zero-order valence-electron chi connectivity index (χ0n) is 9.00. The van der Waals surface area contributed by atoms with Crippen molar-refractivity contribution >= 4 is 15.9 Å². The fourth-order valence-corrected chi connectivity index (χ4v) is 1.68. The predicted octanol–water partition coefficient (Wildman–Crippen LogP) is 1.51. The van der Waals surface area contributed by atoms with Crippen molar-refractivity contribution in [2.75, 3.05) is 19.7 Å². The van der Waals surface area contributed by atoms with Crippen molar-refractivity contribution in [2.24, 2.45) is 5.73 Å². The van der Waals surface area contributed by atoms with Gasteiger partial charge < -0.3 is 15.8 Å². The average molecular weight is 283 g/mol. The van der Waals surface area contributed by atoms with Crippen LogP contribution >= 0.6 is 15.9 Å². The van der Waals surface area contributed by atoms with Gasteiger partial charge in [-0.05, 0) is 18.2 Å². The molecule has 0 heterocycles. The van der Waals surface area contributed by atoms with E-state index in [9.17, 15) is 0 Å². The average Bonchev–Trinajstić information content (AvgIpc) is 2.28. The third-order valence-corrected chi connectivity index (χ3v) is 2.46. The summed E-state index contributed by atoms with van der Waals surface area (Å²) in [5, 5.41) is 3.22. The minimum absolute atomic E-state index is 0.283. The van der Waals surface area contributed by atoms with Crippen LogP contribution in [0.1, 0.15) is 5.56 Å². The van der Waals surface area contributed by atoms with Gasteiger partial charge >= 0.3 is 0 Å². The molecule has 4 heteroatoms. The van der Waals surface area contributed by atoms with E-state index in [2.05, 4.69) is 27.2 Å². The molecule has 0 unspecified atom stereocenters. The van der Waals surface area contributed by atoms with Gasteiger partial charge in [0.15, 0.2) is 0 Å². The van der Waals surface area contributed by atoms with Gasteiger partial charge in [0, 0.05) is 29.7 Å². The zero-order chi connectivity index (χ0) is 11.8. The highest BCUT2D eigenvalue weighted by Gasteiger charge is 2.03. The lowest BCUT2D eigenvalue weighted by molar-refractivity contribution is 0.365. The van der Waals surface area contributed by atoms with E-state index in [0.29, 0.717) is 6.54 Å². The van der Waals surface area contributed by atoms with Crippen molar-refractivity contribution in [3.8, 4) is 18.1 Å². The Morgan fingerprint density at radius 3 is 3.00 bits per heavy atom. The van der Waals surface area contributed by atoms with Crippen LogP contribution in [0.15, 0.2) is 22.7 Å². The summed E-state index contributed by atoms with van der Waals surface area (Å²) in [4.78, 5) is 0. The molecule has 0 aliphatic carbocycles. The van der Waals surface area contributed by atoms with Gasteiger partial charge in [0.1, 0.15) is 12.4 Å². The molecule has 16 heavy (non-hydrogen) atoms. The summed E-state index contributed by atoms with van der Waals surface area (Å²) in [6, 6.07) is 5.84. The Morgan fingerprint density at radius 1 is 1.50 bits per heavy atom. The van der Waals surface area contributed by atoms with E-state index < -0.39 is 0 Å². The lowest BCUT2D eigenvalue weighted by Gasteiger charge is -2.10. The lowest BCUT2D eigenvalue weighted by atomic mass is 10.2. The van der Waals surface area contributed by atoms with Crippen molar-refractivity contribution < 1.29 is 4.74 Å². The summed E-state index contributed by atoms with van der Waals surface area (Å²) in [5.74, 6) is 3.26. The van der Waals surface area contributed by atoms with Gasteiger partial charge in [0.25, 0.3) is 0 Å². The monoisotopic (exact) mass is 282 g/mol. The SMILES string of the molecule is C#CCOc1ccc(Br)cc1CNCCN. The molecular formula is C12H15BrN2O. The standard InChI is InChI=1S/C12H15BrN2O/c1-2-7-16-12-4-3-11(13)8-10(12)9-15-6-5-14/h1,3-4,8,15H,5-7,9,14H2. The summed E-state index contributed by atoms with van der Waals surface area (Å²) in [6.07, 6.45) is 5.16. The maximum atomic E-state index is 5.44. The zero-order valence-corrected chi connectivity index (χ0v) is 10.6. The van der Waals surface area contributed by atoms with Gasteiger partial charge in [-0.25, -0.2) is 0 Å². The molecule has 0 fully saturated rings. The van der Waals surface area contributed by atoms with Crippen molar-refractivity contribution in [1.82, 2.24) is 5.32 Å². The molecule has 0 spiro atoms. The van der Waals surface area contributed by atoms with Crippen molar-refractivity contribution in [3.63, 3.8) is 0 Å². The molecule has 0 aromatic heterocycles. The smallest absolute Gasteiger partial charge is 0.148 e. The number of hydrogen-bond acceptors (Lipinski definition) is 3. The summed E-state index contributed by atoms with van der Waals surface area (Å²) in [5.41, 5.74) is 6.48. The molecule has 0 aliphatic heterocycles. The first-order valence-electron chi connectivity index (χ1n) is 5.03. The van der Waals surface area contributed by atoms with E-state index in [1.807, 2.05) is 18.2 Å². The Morgan fingerprint density at radius 2 is 2.31 bits per heavy atom. The number of ether oxygens (including phenoxy) is 1. The highest BCUT2D eigenvalue weighted by atomic mass is 79.9. The Hall–Kier alpha value is -1.02. The molecule has 0 atom stereocenters. The van der Waals surface area contributed by atoms with Crippen LogP contribution < -0.4 is 15.8 Å². The predicted molar refractivity (Wildman–Crippen MR) is 69.2 cm³/mol. The first-order chi connectivity index (χ1) is 7.77. The summed E-state index contributed by atoms with van der Waals surface area (Å²) < 4.78 is 6.46. The fourth-order valence-electron chi connectivity index (χ4n) is 1.27. The Balaban J connectivity index is 2.69. The number of terminal acetylenes is 1. The van der Waals surface area contributed by atoms with E-state index in [0.717, 1.165) is 28.9 Å². The van der Waals surface area contributed by atoms with Gasteiger partial charge in [0.05, 0.1) is 0 Å². The van der Waals surface area contributed by atoms with Crippen molar-refractivity contribution in [1.29, 1.82) is 0 Å². The van der Waals surface area contributed by atoms with Crippen LogP contribution in [0.25, 0.3) is 0 Å². The maximum Gasteiger partial charge on any atom is 0.148 e. The molecule has 1 rings (SSSR count). The van der Waals surface area contributed by atoms with Crippen LogP contribution in [0, 0.1) is 12.3 Å². The molecule has 0 saturated heterocycles. The normalized spacial score (nSPS) is 9.81. The number of halogens is 1. The van der Waals surface area contributed by atoms with Crippen LogP contribution in [-0.4, -0.2) is 19.7 Å². The van der Waals surface area contributed by atoms with Gasteiger partial charge in [-0.3, -0.25) is 0 Å². The molecule has 86 valence electrons. The molecule has 0 saturated carbocycles. The number of hydrogen-bond donors (Lipinski definition) is 2. The Kier molecular flexibility index (Phi) is 5.94. The first-order valence-corrected chi connectivity index (χ1v) is 5.82. The van der Waals surface area contributed by atoms with Gasteiger partial charge in [0.2, 0.25) is 0 Å². The van der Waals surface area contributed by atoms with E-state index in [-0.39, 0.29) is 6.61 Å².